The van der Waals surface area contributed by atoms with Crippen LogP contribution < -0.4 is 14.9 Å². The van der Waals surface area contributed by atoms with E-state index in [0.717, 1.165) is 33.8 Å². The average molecular weight is 470 g/mol. The molecule has 0 aliphatic carbocycles. The number of sulfonamides is 1. The first-order valence-corrected chi connectivity index (χ1v) is 12.2. The minimum Gasteiger partial charge on any atom is -0.303 e. The summed E-state index contributed by atoms with van der Waals surface area (Å²) in [5.74, 6) is 0. The van der Waals surface area contributed by atoms with Crippen LogP contribution in [0.4, 0.5) is 15.6 Å². The maximum Gasteiger partial charge on any atom is 0.330 e. The number of amides is 2. The van der Waals surface area contributed by atoms with Gasteiger partial charge in [-0.1, -0.05) is 23.5 Å². The second-order valence-electron chi connectivity index (χ2n) is 7.36. The molecule has 0 radical (unpaired) electrons. The van der Waals surface area contributed by atoms with E-state index in [1.807, 2.05) is 34.9 Å². The number of nitrogens with zero attached hydrogens (tertiary/aromatic N) is 6. The summed E-state index contributed by atoms with van der Waals surface area (Å²) in [6.07, 6.45) is 7.75. The van der Waals surface area contributed by atoms with E-state index in [4.69, 9.17) is 5.14 Å². The molecule has 5 rings (SSSR count). The quantitative estimate of drug-likeness (QED) is 0.490. The SMILES string of the molecule is Cc1nc(N2CCCN(c3ccc(-c4nccn5cncc45)cc3)C2=O)sc1S(N)(=O)=O. The van der Waals surface area contributed by atoms with Gasteiger partial charge in [-0.15, -0.1) is 0 Å². The van der Waals surface area contributed by atoms with Crippen molar-refractivity contribution in [2.24, 2.45) is 5.14 Å². The second-order valence-corrected chi connectivity index (χ2v) is 10.1. The van der Waals surface area contributed by atoms with Gasteiger partial charge in [0.25, 0.3) is 0 Å². The molecule has 10 nitrogen and oxygen atoms in total. The third-order valence-electron chi connectivity index (χ3n) is 5.25. The van der Waals surface area contributed by atoms with Crippen LogP contribution in [-0.4, -0.2) is 46.9 Å². The van der Waals surface area contributed by atoms with E-state index in [0.29, 0.717) is 30.3 Å². The Morgan fingerprint density at radius 1 is 1.12 bits per heavy atom. The molecule has 1 aliphatic heterocycles. The van der Waals surface area contributed by atoms with Gasteiger partial charge >= 0.3 is 6.03 Å². The number of benzene rings is 1. The number of carbonyl (C=O) groups is 1. The van der Waals surface area contributed by atoms with Crippen molar-refractivity contribution in [3.05, 3.63) is 54.9 Å². The zero-order valence-electron chi connectivity index (χ0n) is 17.0. The van der Waals surface area contributed by atoms with Crippen LogP contribution in [0.5, 0.6) is 0 Å². The van der Waals surface area contributed by atoms with Crippen LogP contribution >= 0.6 is 11.3 Å². The smallest absolute Gasteiger partial charge is 0.303 e. The second kappa shape index (κ2) is 7.65. The Hall–Kier alpha value is -3.35. The molecular weight excluding hydrogens is 450 g/mol. The molecule has 32 heavy (non-hydrogen) atoms. The van der Waals surface area contributed by atoms with Crippen molar-refractivity contribution in [2.75, 3.05) is 22.9 Å². The van der Waals surface area contributed by atoms with Gasteiger partial charge in [0.15, 0.2) is 9.34 Å². The Morgan fingerprint density at radius 3 is 2.59 bits per heavy atom. The largest absolute Gasteiger partial charge is 0.330 e. The minimum atomic E-state index is -3.88. The first-order chi connectivity index (χ1) is 15.3. The number of carbonyl (C=O) groups excluding carboxylic acids is 1. The molecule has 0 atom stereocenters. The van der Waals surface area contributed by atoms with E-state index < -0.39 is 10.0 Å². The summed E-state index contributed by atoms with van der Waals surface area (Å²) in [5.41, 5.74) is 3.64. The first-order valence-electron chi connectivity index (χ1n) is 9.79. The number of aromatic nitrogens is 4. The number of rotatable bonds is 4. The van der Waals surface area contributed by atoms with Gasteiger partial charge in [-0.3, -0.25) is 14.8 Å². The number of primary sulfonamides is 1. The summed E-state index contributed by atoms with van der Waals surface area (Å²) in [6.45, 7) is 2.58. The number of urea groups is 1. The minimum absolute atomic E-state index is 0.0247. The first kappa shape index (κ1) is 20.5. The highest BCUT2D eigenvalue weighted by atomic mass is 32.2. The maximum absolute atomic E-state index is 13.2. The lowest BCUT2D eigenvalue weighted by molar-refractivity contribution is 0.248. The predicted octanol–water partition coefficient (Wildman–Crippen LogP) is 2.65. The van der Waals surface area contributed by atoms with Crippen molar-refractivity contribution in [2.45, 2.75) is 17.6 Å². The molecule has 1 aliphatic rings. The number of aryl methyl sites for hydroxylation is 1. The summed E-state index contributed by atoms with van der Waals surface area (Å²) in [5, 5.41) is 5.59. The number of imidazole rings is 1. The van der Waals surface area contributed by atoms with Crippen molar-refractivity contribution in [3.63, 3.8) is 0 Å². The molecular formula is C20H19N7O3S2. The van der Waals surface area contributed by atoms with Crippen LogP contribution in [0.1, 0.15) is 12.1 Å². The normalized spacial score (nSPS) is 15.0. The van der Waals surface area contributed by atoms with Crippen molar-refractivity contribution in [1.29, 1.82) is 0 Å². The van der Waals surface area contributed by atoms with Crippen molar-refractivity contribution in [1.82, 2.24) is 19.4 Å². The number of hydrogen-bond donors (Lipinski definition) is 1. The highest BCUT2D eigenvalue weighted by Gasteiger charge is 2.31. The molecule has 0 unspecified atom stereocenters. The lowest BCUT2D eigenvalue weighted by Crippen LogP contribution is -2.49. The number of thiazole rings is 1. The molecule has 1 fully saturated rings. The van der Waals surface area contributed by atoms with E-state index in [2.05, 4.69) is 15.0 Å². The van der Waals surface area contributed by atoms with Crippen LogP contribution in [0.25, 0.3) is 16.8 Å². The van der Waals surface area contributed by atoms with Crippen LogP contribution in [0.15, 0.2) is 53.4 Å². The van der Waals surface area contributed by atoms with Gasteiger partial charge in [0, 0.05) is 36.7 Å². The molecule has 0 spiro atoms. The predicted molar refractivity (Wildman–Crippen MR) is 121 cm³/mol. The Kier molecular flexibility index (Phi) is 4.92. The number of fused-ring (bicyclic) bond motifs is 1. The van der Waals surface area contributed by atoms with E-state index in [1.54, 1.807) is 30.5 Å². The van der Waals surface area contributed by atoms with E-state index in [9.17, 15) is 13.2 Å². The lowest BCUT2D eigenvalue weighted by atomic mass is 10.1. The summed E-state index contributed by atoms with van der Waals surface area (Å²) < 4.78 is 25.4. The van der Waals surface area contributed by atoms with Gasteiger partial charge in [0.05, 0.1) is 29.4 Å². The van der Waals surface area contributed by atoms with Crippen LogP contribution in [0.2, 0.25) is 0 Å². The zero-order chi connectivity index (χ0) is 22.5. The van der Waals surface area contributed by atoms with Crippen molar-refractivity contribution in [3.8, 4) is 11.3 Å². The summed E-state index contributed by atoms with van der Waals surface area (Å²) in [4.78, 5) is 29.3. The number of hydrogen-bond acceptors (Lipinski definition) is 7. The fourth-order valence-electron chi connectivity index (χ4n) is 3.76. The Labute approximate surface area is 188 Å². The molecule has 4 heterocycles. The highest BCUT2D eigenvalue weighted by molar-refractivity contribution is 7.91. The average Bonchev–Trinajstić information content (AvgIpc) is 3.40. The molecule has 12 heteroatoms. The summed E-state index contributed by atoms with van der Waals surface area (Å²) >= 11 is 0.913. The van der Waals surface area contributed by atoms with Gasteiger partial charge in [-0.25, -0.2) is 28.3 Å². The van der Waals surface area contributed by atoms with E-state index in [1.165, 1.54) is 4.90 Å². The number of nitrogens with two attached hydrogens (primary N) is 1. The number of anilines is 2. The third-order valence-corrected chi connectivity index (χ3v) is 7.98. The van der Waals surface area contributed by atoms with Crippen LogP contribution in [-0.2, 0) is 10.0 Å². The van der Waals surface area contributed by atoms with Crippen LogP contribution in [0, 0.1) is 6.92 Å². The van der Waals surface area contributed by atoms with Gasteiger partial charge < -0.3 is 4.40 Å². The Balaban J connectivity index is 1.43. The monoisotopic (exact) mass is 469 g/mol. The molecule has 0 saturated carbocycles. The van der Waals surface area contributed by atoms with Gasteiger partial charge in [-0.2, -0.15) is 0 Å². The van der Waals surface area contributed by atoms with Crippen molar-refractivity contribution >= 4 is 43.7 Å². The lowest BCUT2D eigenvalue weighted by Gasteiger charge is -2.34. The van der Waals surface area contributed by atoms with Crippen LogP contribution in [0.3, 0.4) is 0 Å². The van der Waals surface area contributed by atoms with Gasteiger partial charge in [0.1, 0.15) is 0 Å². The fraction of sp³-hybridized carbons (Fsp3) is 0.200. The van der Waals surface area contributed by atoms with Gasteiger partial charge in [0.2, 0.25) is 10.0 Å². The molecule has 1 saturated heterocycles. The van der Waals surface area contributed by atoms with Crippen molar-refractivity contribution < 1.29 is 13.2 Å². The van der Waals surface area contributed by atoms with E-state index in [-0.39, 0.29) is 10.2 Å². The maximum atomic E-state index is 13.2. The molecule has 0 bridgehead atoms. The third kappa shape index (κ3) is 3.51. The van der Waals surface area contributed by atoms with E-state index >= 15 is 0 Å². The molecule has 164 valence electrons. The summed E-state index contributed by atoms with van der Waals surface area (Å²) in [6, 6.07) is 7.34. The fourth-order valence-corrected chi connectivity index (χ4v) is 5.73. The van der Waals surface area contributed by atoms with Gasteiger partial charge in [-0.05, 0) is 25.5 Å². The molecule has 2 amide bonds. The molecule has 4 aromatic rings. The molecule has 3 aromatic heterocycles. The highest BCUT2D eigenvalue weighted by Crippen LogP contribution is 2.33. The standard InChI is InChI=1S/C20H19N7O3S2/c1-13-18(32(21,29)30)31-19(24-13)27-9-2-8-26(20(27)28)15-5-3-14(4-6-15)17-16-11-22-12-25(16)10-7-23-17/h3-7,10-12H,2,8-9H2,1H3,(H2,21,29,30). The molecule has 2 N–H and O–H groups in total. The molecule has 1 aromatic carbocycles. The Morgan fingerprint density at radius 2 is 1.88 bits per heavy atom. The Bertz CT molecular complexity index is 1430. The topological polar surface area (TPSA) is 127 Å². The zero-order valence-corrected chi connectivity index (χ0v) is 18.7. The summed E-state index contributed by atoms with van der Waals surface area (Å²) in [7, 11) is -3.88.